The van der Waals surface area contributed by atoms with Crippen molar-refractivity contribution in [2.45, 2.75) is 31.7 Å². The first-order chi connectivity index (χ1) is 10.3. The van der Waals surface area contributed by atoms with Gasteiger partial charge in [-0.2, -0.15) is 5.26 Å². The lowest BCUT2D eigenvalue weighted by Gasteiger charge is -2.25. The molecule has 0 saturated heterocycles. The maximum absolute atomic E-state index is 8.97. The van der Waals surface area contributed by atoms with Crippen LogP contribution in [0.3, 0.4) is 0 Å². The summed E-state index contributed by atoms with van der Waals surface area (Å²) in [7, 11) is 0. The predicted molar refractivity (Wildman–Crippen MR) is 91.5 cm³/mol. The molecule has 0 spiro atoms. The average molecular weight is 361 g/mol. The van der Waals surface area contributed by atoms with Gasteiger partial charge in [0, 0.05) is 15.0 Å². The highest BCUT2D eigenvalue weighted by molar-refractivity contribution is 9.10. The molecule has 4 heteroatoms. The van der Waals surface area contributed by atoms with Crippen molar-refractivity contribution in [2.24, 2.45) is 5.92 Å². The lowest BCUT2D eigenvalue weighted by Crippen LogP contribution is -2.18. The number of nitriles is 1. The Morgan fingerprint density at radius 1 is 1.29 bits per heavy atom. The summed E-state index contributed by atoms with van der Waals surface area (Å²) in [6, 6.07) is 12.6. The Morgan fingerprint density at radius 2 is 2.10 bits per heavy atom. The van der Waals surface area contributed by atoms with Crippen molar-refractivity contribution in [3.8, 4) is 6.07 Å². The molecule has 1 aromatic carbocycles. The van der Waals surface area contributed by atoms with Crippen molar-refractivity contribution in [1.29, 1.82) is 5.26 Å². The molecule has 0 aliphatic heterocycles. The SMILES string of the molecule is N#Cc1ccc(NC(c2cccs2)C2CCCC2)c(Br)c1. The minimum Gasteiger partial charge on any atom is -0.376 e. The lowest BCUT2D eigenvalue weighted by atomic mass is 9.96. The summed E-state index contributed by atoms with van der Waals surface area (Å²) >= 11 is 5.40. The molecule has 3 rings (SSSR count). The predicted octanol–water partition coefficient (Wildman–Crippen LogP) is 5.73. The van der Waals surface area contributed by atoms with Gasteiger partial charge in [-0.3, -0.25) is 0 Å². The fourth-order valence-electron chi connectivity index (χ4n) is 3.05. The smallest absolute Gasteiger partial charge is 0.0992 e. The van der Waals surface area contributed by atoms with E-state index < -0.39 is 0 Å². The van der Waals surface area contributed by atoms with Crippen LogP contribution in [0.5, 0.6) is 0 Å². The number of nitrogens with one attached hydrogen (secondary N) is 1. The molecule has 0 bridgehead atoms. The molecule has 1 unspecified atom stereocenters. The van der Waals surface area contributed by atoms with E-state index in [-0.39, 0.29) is 0 Å². The second-order valence-corrected chi connectivity index (χ2v) is 7.32. The van der Waals surface area contributed by atoms with Crippen LogP contribution in [-0.2, 0) is 0 Å². The maximum Gasteiger partial charge on any atom is 0.0992 e. The van der Waals surface area contributed by atoms with Gasteiger partial charge >= 0.3 is 0 Å². The Kier molecular flexibility index (Phi) is 4.62. The Hall–Kier alpha value is -1.31. The van der Waals surface area contributed by atoms with Crippen molar-refractivity contribution < 1.29 is 0 Å². The molecule has 0 radical (unpaired) electrons. The van der Waals surface area contributed by atoms with E-state index in [1.165, 1.54) is 30.6 Å². The highest BCUT2D eigenvalue weighted by Crippen LogP contribution is 2.40. The van der Waals surface area contributed by atoms with Gasteiger partial charge in [0.15, 0.2) is 0 Å². The second kappa shape index (κ2) is 6.64. The van der Waals surface area contributed by atoms with Crippen LogP contribution in [0, 0.1) is 17.2 Å². The van der Waals surface area contributed by atoms with Gasteiger partial charge in [-0.25, -0.2) is 0 Å². The highest BCUT2D eigenvalue weighted by Gasteiger charge is 2.27. The van der Waals surface area contributed by atoms with E-state index in [2.05, 4.69) is 44.8 Å². The molecule has 1 aromatic heterocycles. The molecule has 0 amide bonds. The van der Waals surface area contributed by atoms with Crippen LogP contribution in [0.1, 0.15) is 42.2 Å². The maximum atomic E-state index is 8.97. The molecule has 1 N–H and O–H groups in total. The van der Waals surface area contributed by atoms with E-state index in [4.69, 9.17) is 5.26 Å². The standard InChI is InChI=1S/C17H17BrN2S/c18-14-10-12(11-19)7-8-15(14)20-17(13-4-1-2-5-13)16-6-3-9-21-16/h3,6-10,13,17,20H,1-2,4-5H2. The van der Waals surface area contributed by atoms with Crippen LogP contribution in [-0.4, -0.2) is 0 Å². The van der Waals surface area contributed by atoms with E-state index in [0.29, 0.717) is 17.5 Å². The Balaban J connectivity index is 1.86. The summed E-state index contributed by atoms with van der Waals surface area (Å²) < 4.78 is 0.959. The van der Waals surface area contributed by atoms with Gasteiger partial charge in [-0.1, -0.05) is 18.9 Å². The minimum atomic E-state index is 0.372. The number of nitrogens with zero attached hydrogens (tertiary/aromatic N) is 1. The first-order valence-electron chi connectivity index (χ1n) is 7.27. The third-order valence-corrected chi connectivity index (χ3v) is 5.74. The molecule has 1 saturated carbocycles. The number of halogens is 1. The van der Waals surface area contributed by atoms with Crippen molar-refractivity contribution in [3.63, 3.8) is 0 Å². The molecule has 108 valence electrons. The third kappa shape index (κ3) is 3.30. The summed E-state index contributed by atoms with van der Waals surface area (Å²) in [6.07, 6.45) is 5.26. The second-order valence-electron chi connectivity index (χ2n) is 5.49. The van der Waals surface area contributed by atoms with Gasteiger partial charge in [-0.15, -0.1) is 11.3 Å². The van der Waals surface area contributed by atoms with Crippen LogP contribution in [0.25, 0.3) is 0 Å². The third-order valence-electron chi connectivity index (χ3n) is 4.13. The zero-order valence-electron chi connectivity index (χ0n) is 11.7. The van der Waals surface area contributed by atoms with Crippen molar-refractivity contribution in [1.82, 2.24) is 0 Å². The van der Waals surface area contributed by atoms with E-state index >= 15 is 0 Å². The van der Waals surface area contributed by atoms with Crippen molar-refractivity contribution in [2.75, 3.05) is 5.32 Å². The number of hydrogen-bond acceptors (Lipinski definition) is 3. The molecule has 2 aromatic rings. The van der Waals surface area contributed by atoms with Gasteiger partial charge in [0.25, 0.3) is 0 Å². The monoisotopic (exact) mass is 360 g/mol. The largest absolute Gasteiger partial charge is 0.376 e. The molecule has 21 heavy (non-hydrogen) atoms. The molecule has 1 atom stereocenters. The minimum absolute atomic E-state index is 0.372. The summed E-state index contributed by atoms with van der Waals surface area (Å²) in [5, 5.41) is 14.8. The quantitative estimate of drug-likeness (QED) is 0.755. The number of benzene rings is 1. The van der Waals surface area contributed by atoms with Crippen LogP contribution in [0.15, 0.2) is 40.2 Å². The molecule has 1 fully saturated rings. The summed E-state index contributed by atoms with van der Waals surface area (Å²) in [5.74, 6) is 0.700. The summed E-state index contributed by atoms with van der Waals surface area (Å²) in [5.41, 5.74) is 1.75. The highest BCUT2D eigenvalue weighted by atomic mass is 79.9. The number of anilines is 1. The van der Waals surface area contributed by atoms with E-state index in [1.54, 1.807) is 0 Å². The van der Waals surface area contributed by atoms with Crippen molar-refractivity contribution in [3.05, 3.63) is 50.6 Å². The first kappa shape index (κ1) is 14.6. The van der Waals surface area contributed by atoms with Crippen LogP contribution >= 0.6 is 27.3 Å². The van der Waals surface area contributed by atoms with Gasteiger partial charge in [0.2, 0.25) is 0 Å². The fourth-order valence-corrected chi connectivity index (χ4v) is 4.41. The molecule has 1 aliphatic carbocycles. The average Bonchev–Trinajstić information content (AvgIpc) is 3.19. The topological polar surface area (TPSA) is 35.8 Å². The first-order valence-corrected chi connectivity index (χ1v) is 8.95. The lowest BCUT2D eigenvalue weighted by molar-refractivity contribution is 0.475. The van der Waals surface area contributed by atoms with Crippen LogP contribution in [0.2, 0.25) is 0 Å². The molecule has 1 heterocycles. The normalized spacial score (nSPS) is 16.6. The van der Waals surface area contributed by atoms with Gasteiger partial charge < -0.3 is 5.32 Å². The van der Waals surface area contributed by atoms with Gasteiger partial charge in [0.05, 0.1) is 17.7 Å². The Labute approximate surface area is 137 Å². The van der Waals surface area contributed by atoms with Crippen LogP contribution < -0.4 is 5.32 Å². The van der Waals surface area contributed by atoms with Crippen LogP contribution in [0.4, 0.5) is 5.69 Å². The zero-order chi connectivity index (χ0) is 14.7. The van der Waals surface area contributed by atoms with E-state index in [0.717, 1.165) is 10.2 Å². The van der Waals surface area contributed by atoms with Crippen molar-refractivity contribution >= 4 is 33.0 Å². The number of thiophene rings is 1. The number of hydrogen-bond donors (Lipinski definition) is 1. The summed E-state index contributed by atoms with van der Waals surface area (Å²) in [6.45, 7) is 0. The van der Waals surface area contributed by atoms with Gasteiger partial charge in [-0.05, 0) is 64.3 Å². The van der Waals surface area contributed by atoms with Gasteiger partial charge in [0.1, 0.15) is 0 Å². The summed E-state index contributed by atoms with van der Waals surface area (Å²) in [4.78, 5) is 1.40. The molecule has 1 aliphatic rings. The zero-order valence-corrected chi connectivity index (χ0v) is 14.1. The van der Waals surface area contributed by atoms with E-state index in [1.807, 2.05) is 29.5 Å². The van der Waals surface area contributed by atoms with E-state index in [9.17, 15) is 0 Å². The molecule has 2 nitrogen and oxygen atoms in total. The molecular weight excluding hydrogens is 344 g/mol. The Bertz CT molecular complexity index is 639. The number of rotatable bonds is 4. The molecular formula is C17H17BrN2S. The Morgan fingerprint density at radius 3 is 2.71 bits per heavy atom. The fraction of sp³-hybridized carbons (Fsp3) is 0.353.